The number of carbonyl (C=O) groups is 4. The minimum absolute atomic E-state index is 0.0132. The van der Waals surface area contributed by atoms with Gasteiger partial charge in [-0.3, -0.25) is 14.4 Å². The molecule has 1 heterocycles. The number of H-pyrrole nitrogens is 1. The molecular weight excluding hydrogens is 502 g/mol. The van der Waals surface area contributed by atoms with Crippen molar-refractivity contribution in [1.82, 2.24) is 25.9 Å². The quantitative estimate of drug-likeness (QED) is 0.137. The van der Waals surface area contributed by atoms with Crippen molar-refractivity contribution in [2.75, 3.05) is 6.54 Å². The molecule has 0 fully saturated rings. The number of carboxylic acid groups (broad SMARTS) is 1. The number of hydrogen-bond acceptors (Lipinski definition) is 7. The van der Waals surface area contributed by atoms with Crippen LogP contribution >= 0.6 is 0 Å². The van der Waals surface area contributed by atoms with Crippen LogP contribution in [0.25, 0.3) is 0 Å². The van der Waals surface area contributed by atoms with Crippen LogP contribution in [-0.4, -0.2) is 69.5 Å². The Bertz CT molecular complexity index is 1050. The molecule has 0 aliphatic carbocycles. The molecule has 0 aliphatic rings. The molecule has 2 aromatic rings. The number of aromatic amines is 1. The number of nitrogens with two attached hydrogens (primary N) is 2. The van der Waals surface area contributed by atoms with Crippen molar-refractivity contribution in [3.05, 3.63) is 54.1 Å². The monoisotopic (exact) mass is 543 g/mol. The van der Waals surface area contributed by atoms with Gasteiger partial charge in [0.2, 0.25) is 17.7 Å². The lowest BCUT2D eigenvalue weighted by Crippen LogP contribution is -2.59. The maximum absolute atomic E-state index is 13.5. The van der Waals surface area contributed by atoms with Crippen LogP contribution < -0.4 is 27.4 Å². The molecule has 39 heavy (non-hydrogen) atoms. The Labute approximate surface area is 228 Å². The summed E-state index contributed by atoms with van der Waals surface area (Å²) >= 11 is 0. The Hall–Kier alpha value is -3.77. The Morgan fingerprint density at radius 3 is 2.26 bits per heavy atom. The third kappa shape index (κ3) is 10.5. The third-order valence-electron chi connectivity index (χ3n) is 6.61. The van der Waals surface area contributed by atoms with Gasteiger partial charge in [-0.2, -0.15) is 0 Å². The third-order valence-corrected chi connectivity index (χ3v) is 6.61. The normalized spacial score (nSPS) is 14.9. The van der Waals surface area contributed by atoms with Crippen LogP contribution in [0.15, 0.2) is 42.9 Å². The van der Waals surface area contributed by atoms with Gasteiger partial charge in [0.15, 0.2) is 0 Å². The van der Waals surface area contributed by atoms with Gasteiger partial charge in [-0.15, -0.1) is 0 Å². The van der Waals surface area contributed by atoms with E-state index in [0.29, 0.717) is 31.5 Å². The van der Waals surface area contributed by atoms with Gasteiger partial charge in [0.25, 0.3) is 0 Å². The van der Waals surface area contributed by atoms with Gasteiger partial charge in [-0.1, -0.05) is 57.0 Å². The maximum atomic E-state index is 13.5. The summed E-state index contributed by atoms with van der Waals surface area (Å²) in [6, 6.07) is 4.98. The van der Waals surface area contributed by atoms with E-state index >= 15 is 0 Å². The van der Waals surface area contributed by atoms with E-state index in [-0.39, 0.29) is 18.8 Å². The lowest BCUT2D eigenvalue weighted by atomic mass is 9.96. The van der Waals surface area contributed by atoms with Gasteiger partial charge < -0.3 is 37.5 Å². The number of benzene rings is 1. The summed E-state index contributed by atoms with van der Waals surface area (Å²) in [6.45, 7) is 4.21. The molecule has 5 unspecified atom stereocenters. The number of carboxylic acids is 1. The van der Waals surface area contributed by atoms with Gasteiger partial charge in [-0.25, -0.2) is 9.78 Å². The van der Waals surface area contributed by atoms with Crippen LogP contribution in [0.3, 0.4) is 0 Å². The molecule has 0 spiro atoms. The zero-order chi connectivity index (χ0) is 28.8. The Morgan fingerprint density at radius 2 is 1.67 bits per heavy atom. The highest BCUT2D eigenvalue weighted by Gasteiger charge is 2.32. The first kappa shape index (κ1) is 31.4. The number of imidazole rings is 1. The van der Waals surface area contributed by atoms with E-state index in [9.17, 15) is 24.3 Å². The average Bonchev–Trinajstić information content (AvgIpc) is 3.44. The number of rotatable bonds is 17. The zero-order valence-corrected chi connectivity index (χ0v) is 22.6. The number of hydrogen-bond donors (Lipinski definition) is 7. The lowest BCUT2D eigenvalue weighted by molar-refractivity contribution is -0.142. The van der Waals surface area contributed by atoms with E-state index in [2.05, 4.69) is 25.9 Å². The van der Waals surface area contributed by atoms with Crippen molar-refractivity contribution in [1.29, 1.82) is 0 Å². The average molecular weight is 544 g/mol. The van der Waals surface area contributed by atoms with Gasteiger partial charge in [-0.05, 0) is 30.9 Å². The van der Waals surface area contributed by atoms with Crippen molar-refractivity contribution in [3.8, 4) is 0 Å². The van der Waals surface area contributed by atoms with E-state index in [1.807, 2.05) is 19.9 Å². The van der Waals surface area contributed by atoms with Crippen LogP contribution in [0.1, 0.15) is 50.8 Å². The Kier molecular flexibility index (Phi) is 13.1. The first-order chi connectivity index (χ1) is 18.7. The number of unbranched alkanes of at least 4 members (excludes halogenated alkanes) is 1. The highest BCUT2D eigenvalue weighted by Crippen LogP contribution is 2.11. The lowest BCUT2D eigenvalue weighted by Gasteiger charge is -2.28. The van der Waals surface area contributed by atoms with E-state index < -0.39 is 47.9 Å². The van der Waals surface area contributed by atoms with Crippen molar-refractivity contribution in [2.24, 2.45) is 17.4 Å². The number of aliphatic carboxylic acids is 1. The van der Waals surface area contributed by atoms with E-state index in [1.165, 1.54) is 12.5 Å². The minimum atomic E-state index is -1.25. The molecule has 214 valence electrons. The predicted molar refractivity (Wildman–Crippen MR) is 146 cm³/mol. The highest BCUT2D eigenvalue weighted by atomic mass is 16.4. The second-order valence-electron chi connectivity index (χ2n) is 9.69. The molecule has 12 heteroatoms. The van der Waals surface area contributed by atoms with Crippen LogP contribution in [0.4, 0.5) is 0 Å². The summed E-state index contributed by atoms with van der Waals surface area (Å²) in [5.74, 6) is -3.15. The van der Waals surface area contributed by atoms with Gasteiger partial charge in [0.05, 0.1) is 12.4 Å². The van der Waals surface area contributed by atoms with Crippen LogP contribution in [-0.2, 0) is 32.0 Å². The fourth-order valence-electron chi connectivity index (χ4n) is 4.01. The summed E-state index contributed by atoms with van der Waals surface area (Å²) in [5.41, 5.74) is 12.8. The zero-order valence-electron chi connectivity index (χ0n) is 22.6. The molecule has 12 nitrogen and oxygen atoms in total. The van der Waals surface area contributed by atoms with Crippen LogP contribution in [0, 0.1) is 5.92 Å². The molecular formula is C27H41N7O5. The molecule has 2 rings (SSSR count). The van der Waals surface area contributed by atoms with Crippen molar-refractivity contribution in [2.45, 2.75) is 76.5 Å². The molecule has 5 atom stereocenters. The molecule has 0 aliphatic heterocycles. The first-order valence-electron chi connectivity index (χ1n) is 13.3. The molecule has 0 saturated carbocycles. The first-order valence-corrected chi connectivity index (χ1v) is 13.3. The summed E-state index contributed by atoms with van der Waals surface area (Å²) < 4.78 is 0. The second-order valence-corrected chi connectivity index (χ2v) is 9.69. The standard InChI is InChI=1S/C27H41N7O5/c1-3-17(2)23(34-24(35)20(29)11-7-8-12-28)26(37)32-21(13-18-9-5-4-6-10-18)25(36)33-22(27(38)39)14-19-15-30-16-31-19/h4-6,9-10,15-17,20-23H,3,7-8,11-14,28-29H2,1-2H3,(H,30,31)(H,32,37)(H,33,36)(H,34,35)(H,38,39). The van der Waals surface area contributed by atoms with Crippen molar-refractivity contribution >= 4 is 23.7 Å². The number of amides is 3. The van der Waals surface area contributed by atoms with E-state index in [1.54, 1.807) is 24.3 Å². The minimum Gasteiger partial charge on any atom is -0.480 e. The molecule has 3 amide bonds. The largest absolute Gasteiger partial charge is 0.480 e. The molecule has 1 aromatic heterocycles. The smallest absolute Gasteiger partial charge is 0.326 e. The SMILES string of the molecule is CCC(C)C(NC(=O)C(N)CCCCN)C(=O)NC(Cc1ccccc1)C(=O)NC(Cc1cnc[nH]1)C(=O)O. The Balaban J connectivity index is 2.20. The van der Waals surface area contributed by atoms with Crippen LogP contribution in [0.2, 0.25) is 0 Å². The molecule has 0 radical (unpaired) electrons. The summed E-state index contributed by atoms with van der Waals surface area (Å²) in [6.07, 6.45) is 5.45. The van der Waals surface area contributed by atoms with Crippen molar-refractivity contribution < 1.29 is 24.3 Å². The highest BCUT2D eigenvalue weighted by molar-refractivity contribution is 5.94. The van der Waals surface area contributed by atoms with E-state index in [4.69, 9.17) is 11.5 Å². The van der Waals surface area contributed by atoms with E-state index in [0.717, 1.165) is 12.0 Å². The number of carbonyl (C=O) groups excluding carboxylic acids is 3. The summed E-state index contributed by atoms with van der Waals surface area (Å²) in [5, 5.41) is 17.7. The predicted octanol–water partition coefficient (Wildman–Crippen LogP) is 0.236. The molecule has 0 bridgehead atoms. The maximum Gasteiger partial charge on any atom is 0.326 e. The van der Waals surface area contributed by atoms with Gasteiger partial charge >= 0.3 is 5.97 Å². The fraction of sp³-hybridized carbons (Fsp3) is 0.519. The number of aromatic nitrogens is 2. The molecule has 9 N–H and O–H groups in total. The summed E-state index contributed by atoms with van der Waals surface area (Å²) in [7, 11) is 0. The van der Waals surface area contributed by atoms with Gasteiger partial charge in [0.1, 0.15) is 18.1 Å². The second kappa shape index (κ2) is 16.2. The van der Waals surface area contributed by atoms with Crippen LogP contribution in [0.5, 0.6) is 0 Å². The molecule has 1 aromatic carbocycles. The number of nitrogens with zero attached hydrogens (tertiary/aromatic N) is 1. The van der Waals surface area contributed by atoms with Crippen molar-refractivity contribution in [3.63, 3.8) is 0 Å². The number of nitrogens with one attached hydrogen (secondary N) is 4. The summed E-state index contributed by atoms with van der Waals surface area (Å²) in [4.78, 5) is 58.1. The topological polar surface area (TPSA) is 205 Å². The molecule has 0 saturated heterocycles. The fourth-order valence-corrected chi connectivity index (χ4v) is 4.01. The Morgan fingerprint density at radius 1 is 0.974 bits per heavy atom. The van der Waals surface area contributed by atoms with Gasteiger partial charge in [0, 0.05) is 24.7 Å².